The van der Waals surface area contributed by atoms with Crippen LogP contribution < -0.4 is 5.32 Å². The molecular formula is C22H32N2O. The van der Waals surface area contributed by atoms with Gasteiger partial charge in [-0.25, -0.2) is 0 Å². The summed E-state index contributed by atoms with van der Waals surface area (Å²) in [6.07, 6.45) is 9.00. The van der Waals surface area contributed by atoms with Crippen LogP contribution in [-0.4, -0.2) is 29.6 Å². The fraction of sp³-hybridized carbons (Fsp3) is 0.591. The number of amides is 1. The maximum Gasteiger partial charge on any atom is 0.251 e. The first kappa shape index (κ1) is 18.2. The lowest BCUT2D eigenvalue weighted by molar-refractivity contribution is -0.127. The van der Waals surface area contributed by atoms with Gasteiger partial charge in [-0.15, -0.1) is 0 Å². The number of carbonyl (C=O) groups is 1. The number of nitrogens with one attached hydrogen (secondary N) is 1. The molecule has 2 atom stereocenters. The third kappa shape index (κ3) is 4.33. The second-order valence-corrected chi connectivity index (χ2v) is 7.56. The van der Waals surface area contributed by atoms with Gasteiger partial charge in [-0.3, -0.25) is 10.1 Å². The van der Waals surface area contributed by atoms with Crippen LogP contribution in [0.4, 0.5) is 0 Å². The highest BCUT2D eigenvalue weighted by atomic mass is 16.2. The number of unbranched alkanes of at least 4 members (excludes halogenated alkanes) is 1. The van der Waals surface area contributed by atoms with E-state index in [9.17, 15) is 4.79 Å². The van der Waals surface area contributed by atoms with Crippen LogP contribution in [0.3, 0.4) is 0 Å². The number of aryl methyl sites for hydroxylation is 1. The Morgan fingerprint density at radius 2 is 1.96 bits per heavy atom. The average Bonchev–Trinajstić information content (AvgIpc) is 2.91. The molecule has 1 aliphatic carbocycles. The highest BCUT2D eigenvalue weighted by Crippen LogP contribution is 2.35. The van der Waals surface area contributed by atoms with Crippen LogP contribution in [-0.2, 0) is 11.2 Å². The molecular weight excluding hydrogens is 308 g/mol. The Balaban J connectivity index is 1.64. The van der Waals surface area contributed by atoms with E-state index in [1.807, 2.05) is 0 Å². The highest BCUT2D eigenvalue weighted by Gasteiger charge is 2.39. The van der Waals surface area contributed by atoms with Crippen molar-refractivity contribution in [3.63, 3.8) is 0 Å². The molecule has 3 nitrogen and oxygen atoms in total. The first-order chi connectivity index (χ1) is 12.2. The lowest BCUT2D eigenvalue weighted by Gasteiger charge is -2.31. The zero-order valence-corrected chi connectivity index (χ0v) is 15.8. The molecule has 136 valence electrons. The van der Waals surface area contributed by atoms with Crippen LogP contribution in [0.15, 0.2) is 41.5 Å². The van der Waals surface area contributed by atoms with E-state index in [0.29, 0.717) is 11.9 Å². The van der Waals surface area contributed by atoms with E-state index in [2.05, 4.69) is 54.4 Å². The van der Waals surface area contributed by atoms with Gasteiger partial charge in [-0.05, 0) is 63.0 Å². The Morgan fingerprint density at radius 1 is 1.20 bits per heavy atom. The van der Waals surface area contributed by atoms with Crippen molar-refractivity contribution >= 4 is 5.91 Å². The number of rotatable bonds is 8. The number of carbonyl (C=O) groups excluding carboxylic acids is 1. The SMILES string of the molecule is CCCCN1C(=O)C2=C(CCCC2)[C@@H]1N[C@H](C)CCc1ccccc1. The van der Waals surface area contributed by atoms with Crippen LogP contribution >= 0.6 is 0 Å². The van der Waals surface area contributed by atoms with Gasteiger partial charge in [-0.2, -0.15) is 0 Å². The Bertz CT molecular complexity index is 608. The van der Waals surface area contributed by atoms with Gasteiger partial charge in [0.05, 0.1) is 0 Å². The predicted octanol–water partition coefficient (Wildman–Crippen LogP) is 4.44. The molecule has 1 aromatic carbocycles. The molecule has 2 aliphatic rings. The molecule has 1 aromatic rings. The van der Waals surface area contributed by atoms with Crippen molar-refractivity contribution in [2.45, 2.75) is 77.4 Å². The van der Waals surface area contributed by atoms with Gasteiger partial charge in [0.15, 0.2) is 0 Å². The van der Waals surface area contributed by atoms with E-state index in [4.69, 9.17) is 0 Å². The Labute approximate surface area is 152 Å². The quantitative estimate of drug-likeness (QED) is 0.759. The summed E-state index contributed by atoms with van der Waals surface area (Å²) in [6.45, 7) is 5.33. The molecule has 0 saturated heterocycles. The Hall–Kier alpha value is -1.61. The fourth-order valence-corrected chi connectivity index (χ4v) is 4.08. The summed E-state index contributed by atoms with van der Waals surface area (Å²) in [6, 6.07) is 11.1. The maximum absolute atomic E-state index is 12.8. The van der Waals surface area contributed by atoms with Gasteiger partial charge in [0.25, 0.3) is 5.91 Å². The Morgan fingerprint density at radius 3 is 2.72 bits per heavy atom. The fourth-order valence-electron chi connectivity index (χ4n) is 4.08. The van der Waals surface area contributed by atoms with Crippen molar-refractivity contribution in [1.29, 1.82) is 0 Å². The standard InChI is InChI=1S/C22H32N2O/c1-3-4-16-24-21(19-12-8-9-13-20(19)22(24)25)23-17(2)14-15-18-10-6-5-7-11-18/h5-7,10-11,17,21,23H,3-4,8-9,12-16H2,1-2H3/t17-,21-/m1/s1. The normalized spacial score (nSPS) is 21.6. The smallest absolute Gasteiger partial charge is 0.251 e. The van der Waals surface area contributed by atoms with Crippen LogP contribution in [0.1, 0.15) is 64.4 Å². The number of benzene rings is 1. The maximum atomic E-state index is 12.8. The molecule has 1 N–H and O–H groups in total. The van der Waals surface area contributed by atoms with Crippen molar-refractivity contribution in [1.82, 2.24) is 10.2 Å². The van der Waals surface area contributed by atoms with E-state index >= 15 is 0 Å². The van der Waals surface area contributed by atoms with Crippen molar-refractivity contribution in [2.24, 2.45) is 0 Å². The molecule has 0 aromatic heterocycles. The van der Waals surface area contributed by atoms with Gasteiger partial charge < -0.3 is 4.90 Å². The van der Waals surface area contributed by atoms with E-state index in [1.54, 1.807) is 0 Å². The summed E-state index contributed by atoms with van der Waals surface area (Å²) in [7, 11) is 0. The van der Waals surface area contributed by atoms with Crippen LogP contribution in [0.5, 0.6) is 0 Å². The monoisotopic (exact) mass is 340 g/mol. The number of hydrogen-bond donors (Lipinski definition) is 1. The number of hydrogen-bond acceptors (Lipinski definition) is 2. The molecule has 1 heterocycles. The first-order valence-electron chi connectivity index (χ1n) is 10.0. The van der Waals surface area contributed by atoms with Crippen molar-refractivity contribution in [2.75, 3.05) is 6.54 Å². The topological polar surface area (TPSA) is 32.3 Å². The highest BCUT2D eigenvalue weighted by molar-refractivity contribution is 5.97. The van der Waals surface area contributed by atoms with Gasteiger partial charge in [-0.1, -0.05) is 43.7 Å². The average molecular weight is 341 g/mol. The van der Waals surface area contributed by atoms with Crippen molar-refractivity contribution in [3.05, 3.63) is 47.0 Å². The molecule has 1 amide bonds. The van der Waals surface area contributed by atoms with Crippen molar-refractivity contribution < 1.29 is 4.79 Å². The second kappa shape index (κ2) is 8.66. The largest absolute Gasteiger partial charge is 0.319 e. The van der Waals surface area contributed by atoms with Crippen molar-refractivity contribution in [3.8, 4) is 0 Å². The summed E-state index contributed by atoms with van der Waals surface area (Å²) in [5, 5.41) is 3.78. The minimum Gasteiger partial charge on any atom is -0.319 e. The van der Waals surface area contributed by atoms with E-state index < -0.39 is 0 Å². The predicted molar refractivity (Wildman–Crippen MR) is 103 cm³/mol. The number of nitrogens with zero attached hydrogens (tertiary/aromatic N) is 1. The molecule has 3 rings (SSSR count). The summed E-state index contributed by atoms with van der Waals surface area (Å²) in [4.78, 5) is 15.0. The molecule has 0 spiro atoms. The molecule has 0 unspecified atom stereocenters. The molecule has 0 saturated carbocycles. The third-order valence-corrected chi connectivity index (χ3v) is 5.58. The summed E-state index contributed by atoms with van der Waals surface area (Å²) >= 11 is 0. The molecule has 3 heteroatoms. The molecule has 0 bridgehead atoms. The van der Waals surface area contributed by atoms with Gasteiger partial charge in [0.1, 0.15) is 6.17 Å². The van der Waals surface area contributed by atoms with E-state index in [-0.39, 0.29) is 6.17 Å². The zero-order valence-electron chi connectivity index (χ0n) is 15.8. The molecule has 25 heavy (non-hydrogen) atoms. The molecule has 1 aliphatic heterocycles. The van der Waals surface area contributed by atoms with Gasteiger partial charge >= 0.3 is 0 Å². The van der Waals surface area contributed by atoms with E-state index in [1.165, 1.54) is 24.0 Å². The van der Waals surface area contributed by atoms with Crippen LogP contribution in [0.2, 0.25) is 0 Å². The van der Waals surface area contributed by atoms with Gasteiger partial charge in [0, 0.05) is 18.2 Å². The zero-order chi connectivity index (χ0) is 17.6. The second-order valence-electron chi connectivity index (χ2n) is 7.56. The minimum atomic E-state index is 0.139. The van der Waals surface area contributed by atoms with Crippen LogP contribution in [0.25, 0.3) is 0 Å². The summed E-state index contributed by atoms with van der Waals surface area (Å²) in [5.41, 5.74) is 3.90. The lowest BCUT2D eigenvalue weighted by atomic mass is 9.92. The third-order valence-electron chi connectivity index (χ3n) is 5.58. The molecule has 0 radical (unpaired) electrons. The van der Waals surface area contributed by atoms with Crippen LogP contribution in [0, 0.1) is 0 Å². The lowest BCUT2D eigenvalue weighted by Crippen LogP contribution is -2.49. The van der Waals surface area contributed by atoms with E-state index in [0.717, 1.165) is 50.6 Å². The first-order valence-corrected chi connectivity index (χ1v) is 10.0. The summed E-state index contributed by atoms with van der Waals surface area (Å²) < 4.78 is 0. The molecule has 0 fully saturated rings. The van der Waals surface area contributed by atoms with Gasteiger partial charge in [0.2, 0.25) is 0 Å². The minimum absolute atomic E-state index is 0.139. The Kier molecular flexibility index (Phi) is 6.30. The summed E-state index contributed by atoms with van der Waals surface area (Å²) in [5.74, 6) is 0.302.